The number of benzene rings is 3. The van der Waals surface area contributed by atoms with E-state index in [0.717, 1.165) is 29.1 Å². The number of nitrogens with zero attached hydrogens (tertiary/aromatic N) is 1. The smallest absolute Gasteiger partial charge is 0.265 e. The number of hydrogen-bond acceptors (Lipinski definition) is 3. The van der Waals surface area contributed by atoms with Gasteiger partial charge < -0.3 is 15.1 Å². The van der Waals surface area contributed by atoms with Gasteiger partial charge in [0.15, 0.2) is 0 Å². The number of fused-ring (bicyclic) bond motifs is 1. The third-order valence-electron chi connectivity index (χ3n) is 6.89. The van der Waals surface area contributed by atoms with Crippen LogP contribution in [0.2, 0.25) is 0 Å². The molecule has 5 rings (SSSR count). The van der Waals surface area contributed by atoms with Gasteiger partial charge in [-0.2, -0.15) is 0 Å². The molecule has 1 fully saturated rings. The van der Waals surface area contributed by atoms with Gasteiger partial charge in [-0.15, -0.1) is 0 Å². The average molecular weight is 517 g/mol. The van der Waals surface area contributed by atoms with Crippen molar-refractivity contribution in [2.45, 2.75) is 30.7 Å². The Balaban J connectivity index is 1.27. The molecule has 0 radical (unpaired) electrons. The number of nitrogens with one attached hydrogen (secondary N) is 2. The number of rotatable bonds is 8. The first-order chi connectivity index (χ1) is 18.1. The fraction of sp³-hybridized carbons (Fsp3) is 0.267. The summed E-state index contributed by atoms with van der Waals surface area (Å²) in [4.78, 5) is 30.8. The predicted octanol–water partition coefficient (Wildman–Crippen LogP) is 4.30. The summed E-state index contributed by atoms with van der Waals surface area (Å²) >= 11 is 1.41. The minimum absolute atomic E-state index is 0.0799. The van der Waals surface area contributed by atoms with Gasteiger partial charge in [-0.3, -0.25) is 9.59 Å². The predicted molar refractivity (Wildman–Crippen MR) is 146 cm³/mol. The van der Waals surface area contributed by atoms with Gasteiger partial charge in [0.05, 0.1) is 36.8 Å². The van der Waals surface area contributed by atoms with Gasteiger partial charge in [-0.25, -0.2) is 4.39 Å². The molecule has 0 aromatic heterocycles. The molecule has 1 saturated heterocycles. The van der Waals surface area contributed by atoms with Crippen molar-refractivity contribution >= 4 is 35.3 Å². The van der Waals surface area contributed by atoms with Crippen LogP contribution >= 0.6 is 11.8 Å². The number of amides is 2. The van der Waals surface area contributed by atoms with Gasteiger partial charge in [0.2, 0.25) is 0 Å². The maximum Gasteiger partial charge on any atom is 0.265 e. The van der Waals surface area contributed by atoms with Crippen molar-refractivity contribution in [2.24, 2.45) is 0 Å². The molecule has 2 aliphatic rings. The fourth-order valence-corrected chi connectivity index (χ4v) is 5.92. The summed E-state index contributed by atoms with van der Waals surface area (Å²) in [5.41, 5.74) is 2.67. The van der Waals surface area contributed by atoms with Crippen molar-refractivity contribution in [3.8, 4) is 0 Å². The van der Waals surface area contributed by atoms with Crippen LogP contribution in [0.25, 0.3) is 6.08 Å². The number of para-hydroxylation sites is 1. The molecule has 0 aliphatic carbocycles. The molecule has 3 aromatic carbocycles. The number of carbonyl (C=O) groups is 2. The summed E-state index contributed by atoms with van der Waals surface area (Å²) in [5, 5.41) is 3.01. The molecule has 0 spiro atoms. The lowest BCUT2D eigenvalue weighted by Gasteiger charge is -2.30. The minimum atomic E-state index is -0.331. The Kier molecular flexibility index (Phi) is 8.02. The molecule has 0 saturated carbocycles. The molecule has 2 heterocycles. The molecular formula is C30H31FN3O2S+. The van der Waals surface area contributed by atoms with Crippen LogP contribution in [0.3, 0.4) is 0 Å². The molecule has 0 bridgehead atoms. The number of anilines is 1. The van der Waals surface area contributed by atoms with Gasteiger partial charge in [0.1, 0.15) is 5.82 Å². The molecule has 5 nitrogen and oxygen atoms in total. The van der Waals surface area contributed by atoms with E-state index in [1.54, 1.807) is 40.1 Å². The van der Waals surface area contributed by atoms with Crippen molar-refractivity contribution in [3.05, 3.63) is 100 Å². The molecule has 190 valence electrons. The number of halogens is 1. The Bertz CT molecular complexity index is 1300. The molecular weight excluding hydrogens is 485 g/mol. The first-order valence-electron chi connectivity index (χ1n) is 12.8. The largest absolute Gasteiger partial charge is 0.352 e. The third-order valence-corrected chi connectivity index (χ3v) is 7.97. The number of thioether (sulfide) groups is 1. The van der Waals surface area contributed by atoms with E-state index < -0.39 is 0 Å². The molecule has 7 heteroatoms. The number of likely N-dealkylation sites (tertiary alicyclic amines) is 1. The number of quaternary nitrogens is 1. The lowest BCUT2D eigenvalue weighted by atomic mass is 10.1. The van der Waals surface area contributed by atoms with Crippen LogP contribution in [0.15, 0.2) is 82.6 Å². The van der Waals surface area contributed by atoms with Gasteiger partial charge >= 0.3 is 0 Å². The molecule has 2 N–H and O–H groups in total. The molecule has 37 heavy (non-hydrogen) atoms. The van der Waals surface area contributed by atoms with E-state index in [1.807, 2.05) is 42.5 Å². The summed E-state index contributed by atoms with van der Waals surface area (Å²) in [6.07, 6.45) is 5.43. The average Bonchev–Trinajstić information content (AvgIpc) is 3.44. The third kappa shape index (κ3) is 6.12. The van der Waals surface area contributed by atoms with Gasteiger partial charge in [0, 0.05) is 41.8 Å². The SMILES string of the molecule is O=C(NCCC[NH+]1CCCC1)c1ccc(C=C2Sc3ccccc3N(Cc3ccccc3F)C2=O)cc1. The van der Waals surface area contributed by atoms with Crippen molar-refractivity contribution in [3.63, 3.8) is 0 Å². The van der Waals surface area contributed by atoms with Crippen LogP contribution < -0.4 is 15.1 Å². The Labute approximate surface area is 221 Å². The summed E-state index contributed by atoms with van der Waals surface area (Å²) in [6, 6.07) is 21.5. The summed E-state index contributed by atoms with van der Waals surface area (Å²) < 4.78 is 14.4. The standard InChI is InChI=1S/C30H30FN3O2S/c31-25-9-2-1-8-24(25)21-34-26-10-3-4-11-27(26)37-28(30(34)36)20-22-12-14-23(15-13-22)29(35)32-16-7-19-33-17-5-6-18-33/h1-4,8-15,20H,5-7,16-19,21H2,(H,32,35)/p+1. The first-order valence-corrected chi connectivity index (χ1v) is 13.7. The van der Waals surface area contributed by atoms with Crippen molar-refractivity contribution in [1.82, 2.24) is 5.32 Å². The zero-order valence-electron chi connectivity index (χ0n) is 20.7. The monoisotopic (exact) mass is 516 g/mol. The molecule has 2 aliphatic heterocycles. The van der Waals surface area contributed by atoms with E-state index in [-0.39, 0.29) is 24.2 Å². The van der Waals surface area contributed by atoms with Crippen LogP contribution in [0.1, 0.15) is 40.7 Å². The lowest BCUT2D eigenvalue weighted by molar-refractivity contribution is -0.887. The van der Waals surface area contributed by atoms with Crippen LogP contribution in [-0.2, 0) is 11.3 Å². The highest BCUT2D eigenvalue weighted by molar-refractivity contribution is 8.04. The second-order valence-corrected chi connectivity index (χ2v) is 10.6. The Morgan fingerprint density at radius 1 is 1.00 bits per heavy atom. The van der Waals surface area contributed by atoms with Crippen LogP contribution in [0.4, 0.5) is 10.1 Å². The van der Waals surface area contributed by atoms with Gasteiger partial charge in [-0.05, 0) is 42.0 Å². The van der Waals surface area contributed by atoms with E-state index >= 15 is 0 Å². The summed E-state index contributed by atoms with van der Waals surface area (Å²) in [6.45, 7) is 4.43. The highest BCUT2D eigenvalue weighted by atomic mass is 32.2. The number of carbonyl (C=O) groups excluding carboxylic acids is 2. The Morgan fingerprint density at radius 3 is 2.51 bits per heavy atom. The maximum absolute atomic E-state index is 14.4. The lowest BCUT2D eigenvalue weighted by Crippen LogP contribution is -3.10. The zero-order chi connectivity index (χ0) is 25.6. The van der Waals surface area contributed by atoms with E-state index in [2.05, 4.69) is 5.32 Å². The Morgan fingerprint density at radius 2 is 1.73 bits per heavy atom. The van der Waals surface area contributed by atoms with Crippen molar-refractivity contribution < 1.29 is 18.9 Å². The van der Waals surface area contributed by atoms with Crippen LogP contribution in [0.5, 0.6) is 0 Å². The van der Waals surface area contributed by atoms with Crippen molar-refractivity contribution in [2.75, 3.05) is 31.1 Å². The van der Waals surface area contributed by atoms with E-state index in [9.17, 15) is 14.0 Å². The highest BCUT2D eigenvalue weighted by Crippen LogP contribution is 2.42. The van der Waals surface area contributed by atoms with E-state index in [1.165, 1.54) is 43.8 Å². The quantitative estimate of drug-likeness (QED) is 0.347. The maximum atomic E-state index is 14.4. The number of hydrogen-bond donors (Lipinski definition) is 2. The van der Waals surface area contributed by atoms with Gasteiger partial charge in [0.25, 0.3) is 11.8 Å². The van der Waals surface area contributed by atoms with E-state index in [4.69, 9.17) is 0 Å². The second kappa shape index (κ2) is 11.8. The van der Waals surface area contributed by atoms with E-state index in [0.29, 0.717) is 22.6 Å². The Hall–Kier alpha value is -3.42. The fourth-order valence-electron chi connectivity index (χ4n) is 4.87. The van der Waals surface area contributed by atoms with Gasteiger partial charge in [-0.1, -0.05) is 54.2 Å². The van der Waals surface area contributed by atoms with Crippen molar-refractivity contribution in [1.29, 1.82) is 0 Å². The molecule has 3 aromatic rings. The molecule has 0 atom stereocenters. The van der Waals surface area contributed by atoms with Crippen LogP contribution in [-0.4, -0.2) is 38.0 Å². The topological polar surface area (TPSA) is 53.9 Å². The van der Waals surface area contributed by atoms with Crippen LogP contribution in [0, 0.1) is 5.82 Å². The highest BCUT2D eigenvalue weighted by Gasteiger charge is 2.29. The first kappa shape index (κ1) is 25.2. The normalized spacial score (nSPS) is 16.7. The summed E-state index contributed by atoms with van der Waals surface area (Å²) in [7, 11) is 0. The molecule has 2 amide bonds. The zero-order valence-corrected chi connectivity index (χ0v) is 21.5. The summed E-state index contributed by atoms with van der Waals surface area (Å²) in [5.74, 6) is -0.583. The molecule has 0 unspecified atom stereocenters. The second-order valence-electron chi connectivity index (χ2n) is 9.50. The minimum Gasteiger partial charge on any atom is -0.352 e.